The molecule has 1 heterocycles. The standard InChI is InChI=1S/C12H12ClN3O2S/c1-9-3-5-10(6-4-9)19(17,18)16(2)12-8-7-11(13)14-15-12/h3-8H,1-2H3. The minimum atomic E-state index is -3.63. The smallest absolute Gasteiger partial charge is 0.251 e. The molecule has 2 rings (SSSR count). The molecule has 0 unspecified atom stereocenters. The maximum absolute atomic E-state index is 12.4. The fourth-order valence-electron chi connectivity index (χ4n) is 1.47. The third kappa shape index (κ3) is 2.85. The third-order valence-corrected chi connectivity index (χ3v) is 4.60. The first-order valence-corrected chi connectivity index (χ1v) is 7.28. The highest BCUT2D eigenvalue weighted by Gasteiger charge is 2.22. The lowest BCUT2D eigenvalue weighted by Crippen LogP contribution is -2.27. The molecular weight excluding hydrogens is 286 g/mol. The first-order chi connectivity index (χ1) is 8.91. The largest absolute Gasteiger partial charge is 0.265 e. The van der Waals surface area contributed by atoms with Crippen LogP contribution in [0.2, 0.25) is 5.15 Å². The number of aryl methyl sites for hydroxylation is 1. The van der Waals surface area contributed by atoms with Crippen molar-refractivity contribution in [1.29, 1.82) is 0 Å². The molecule has 1 aromatic carbocycles. The number of hydrogen-bond acceptors (Lipinski definition) is 4. The van der Waals surface area contributed by atoms with Crippen molar-refractivity contribution in [2.24, 2.45) is 0 Å². The van der Waals surface area contributed by atoms with Crippen molar-refractivity contribution in [3.05, 3.63) is 47.1 Å². The molecule has 5 nitrogen and oxygen atoms in total. The van der Waals surface area contributed by atoms with Crippen LogP contribution in [0.1, 0.15) is 5.56 Å². The number of halogens is 1. The van der Waals surface area contributed by atoms with Crippen molar-refractivity contribution >= 4 is 27.4 Å². The van der Waals surface area contributed by atoms with Gasteiger partial charge in [0, 0.05) is 7.05 Å². The highest BCUT2D eigenvalue weighted by Crippen LogP contribution is 2.20. The normalized spacial score (nSPS) is 11.3. The summed E-state index contributed by atoms with van der Waals surface area (Å²) in [7, 11) is -2.21. The molecule has 0 aliphatic carbocycles. The highest BCUT2D eigenvalue weighted by atomic mass is 35.5. The molecule has 1 aromatic heterocycles. The third-order valence-electron chi connectivity index (χ3n) is 2.62. The van der Waals surface area contributed by atoms with Gasteiger partial charge in [-0.25, -0.2) is 8.42 Å². The molecule has 0 fully saturated rings. The molecule has 0 aliphatic heterocycles. The number of aromatic nitrogens is 2. The second-order valence-electron chi connectivity index (χ2n) is 4.00. The van der Waals surface area contributed by atoms with E-state index < -0.39 is 10.0 Å². The van der Waals surface area contributed by atoms with E-state index >= 15 is 0 Å². The predicted molar refractivity (Wildman–Crippen MR) is 73.8 cm³/mol. The molecule has 0 saturated heterocycles. The van der Waals surface area contributed by atoms with Crippen molar-refractivity contribution < 1.29 is 8.42 Å². The average molecular weight is 298 g/mol. The first-order valence-electron chi connectivity index (χ1n) is 5.46. The van der Waals surface area contributed by atoms with Crippen LogP contribution in [0.3, 0.4) is 0 Å². The Labute approximate surface area is 116 Å². The van der Waals surface area contributed by atoms with E-state index in [2.05, 4.69) is 10.2 Å². The lowest BCUT2D eigenvalue weighted by atomic mass is 10.2. The summed E-state index contributed by atoms with van der Waals surface area (Å²) >= 11 is 5.62. The monoisotopic (exact) mass is 297 g/mol. The summed E-state index contributed by atoms with van der Waals surface area (Å²) in [6, 6.07) is 9.60. The Balaban J connectivity index is 2.39. The van der Waals surface area contributed by atoms with Crippen LogP contribution in [-0.4, -0.2) is 25.7 Å². The number of hydrogen-bond donors (Lipinski definition) is 0. The summed E-state index contributed by atoms with van der Waals surface area (Å²) in [6.07, 6.45) is 0. The van der Waals surface area contributed by atoms with Gasteiger partial charge in [0.15, 0.2) is 11.0 Å². The molecule has 100 valence electrons. The number of nitrogens with zero attached hydrogens (tertiary/aromatic N) is 3. The summed E-state index contributed by atoms with van der Waals surface area (Å²) in [5.74, 6) is 0.213. The van der Waals surface area contributed by atoms with Crippen LogP contribution in [0.15, 0.2) is 41.3 Å². The van der Waals surface area contributed by atoms with Crippen LogP contribution in [0, 0.1) is 6.92 Å². The zero-order chi connectivity index (χ0) is 14.0. The van der Waals surface area contributed by atoms with Crippen molar-refractivity contribution in [3.63, 3.8) is 0 Å². The fraction of sp³-hybridized carbons (Fsp3) is 0.167. The number of rotatable bonds is 3. The van der Waals surface area contributed by atoms with E-state index in [1.54, 1.807) is 24.3 Å². The summed E-state index contributed by atoms with van der Waals surface area (Å²) < 4.78 is 25.8. The summed E-state index contributed by atoms with van der Waals surface area (Å²) in [5, 5.41) is 7.60. The van der Waals surface area contributed by atoms with Gasteiger partial charge in [0.25, 0.3) is 10.0 Å². The van der Waals surface area contributed by atoms with Crippen molar-refractivity contribution in [3.8, 4) is 0 Å². The van der Waals surface area contributed by atoms with Crippen LogP contribution in [0.5, 0.6) is 0 Å². The Kier molecular flexibility index (Phi) is 3.73. The Bertz CT molecular complexity index is 669. The molecule has 0 aliphatic rings. The number of benzene rings is 1. The lowest BCUT2D eigenvalue weighted by molar-refractivity contribution is 0.593. The fourth-order valence-corrected chi connectivity index (χ4v) is 2.71. The van der Waals surface area contributed by atoms with Gasteiger partial charge in [0.05, 0.1) is 4.90 Å². The molecule has 0 spiro atoms. The van der Waals surface area contributed by atoms with E-state index in [-0.39, 0.29) is 15.9 Å². The van der Waals surface area contributed by atoms with E-state index in [0.29, 0.717) is 0 Å². The van der Waals surface area contributed by atoms with E-state index in [1.807, 2.05) is 6.92 Å². The average Bonchev–Trinajstić information content (AvgIpc) is 2.39. The lowest BCUT2D eigenvalue weighted by Gasteiger charge is -2.17. The maximum atomic E-state index is 12.4. The summed E-state index contributed by atoms with van der Waals surface area (Å²) in [6.45, 7) is 1.89. The van der Waals surface area contributed by atoms with Gasteiger partial charge in [0.1, 0.15) is 0 Å². The second-order valence-corrected chi connectivity index (χ2v) is 6.36. The Morgan fingerprint density at radius 3 is 2.21 bits per heavy atom. The summed E-state index contributed by atoms with van der Waals surface area (Å²) in [4.78, 5) is 0.206. The minimum absolute atomic E-state index is 0.206. The molecule has 7 heteroatoms. The number of anilines is 1. The zero-order valence-electron chi connectivity index (χ0n) is 10.4. The van der Waals surface area contributed by atoms with Gasteiger partial charge in [-0.05, 0) is 31.2 Å². The molecular formula is C12H12ClN3O2S. The second kappa shape index (κ2) is 5.14. The topological polar surface area (TPSA) is 63.2 Å². The van der Waals surface area contributed by atoms with Crippen LogP contribution >= 0.6 is 11.6 Å². The Morgan fingerprint density at radius 2 is 1.68 bits per heavy atom. The first kappa shape index (κ1) is 13.8. The van der Waals surface area contributed by atoms with Crippen molar-refractivity contribution in [2.75, 3.05) is 11.4 Å². The molecule has 0 saturated carbocycles. The molecule has 0 bridgehead atoms. The van der Waals surface area contributed by atoms with E-state index in [1.165, 1.54) is 19.2 Å². The molecule has 0 N–H and O–H groups in total. The Morgan fingerprint density at radius 1 is 1.05 bits per heavy atom. The zero-order valence-corrected chi connectivity index (χ0v) is 12.0. The molecule has 2 aromatic rings. The molecule has 19 heavy (non-hydrogen) atoms. The van der Waals surface area contributed by atoms with E-state index in [0.717, 1.165) is 9.87 Å². The number of sulfonamides is 1. The van der Waals surface area contributed by atoms with E-state index in [4.69, 9.17) is 11.6 Å². The van der Waals surface area contributed by atoms with Gasteiger partial charge >= 0.3 is 0 Å². The van der Waals surface area contributed by atoms with Gasteiger partial charge in [-0.2, -0.15) is 0 Å². The van der Waals surface area contributed by atoms with E-state index in [9.17, 15) is 8.42 Å². The highest BCUT2D eigenvalue weighted by molar-refractivity contribution is 7.92. The van der Waals surface area contributed by atoms with Gasteiger partial charge in [-0.1, -0.05) is 29.3 Å². The van der Waals surface area contributed by atoms with Crippen LogP contribution in [0.25, 0.3) is 0 Å². The van der Waals surface area contributed by atoms with Crippen molar-refractivity contribution in [1.82, 2.24) is 10.2 Å². The maximum Gasteiger partial charge on any atom is 0.265 e. The molecule has 0 radical (unpaired) electrons. The van der Waals surface area contributed by atoms with Crippen LogP contribution in [0.4, 0.5) is 5.82 Å². The van der Waals surface area contributed by atoms with Gasteiger partial charge in [-0.3, -0.25) is 4.31 Å². The predicted octanol–water partition coefficient (Wildman–Crippen LogP) is 2.26. The quantitative estimate of drug-likeness (QED) is 0.872. The molecule has 0 amide bonds. The van der Waals surface area contributed by atoms with Gasteiger partial charge in [0.2, 0.25) is 0 Å². The van der Waals surface area contributed by atoms with Crippen LogP contribution in [-0.2, 0) is 10.0 Å². The Hall–Kier alpha value is -1.66. The molecule has 0 atom stereocenters. The summed E-state index contributed by atoms with van der Waals surface area (Å²) in [5.41, 5.74) is 0.993. The minimum Gasteiger partial charge on any atom is -0.251 e. The van der Waals surface area contributed by atoms with Crippen LogP contribution < -0.4 is 4.31 Å². The van der Waals surface area contributed by atoms with Gasteiger partial charge < -0.3 is 0 Å². The SMILES string of the molecule is Cc1ccc(S(=O)(=O)N(C)c2ccc(Cl)nn2)cc1. The van der Waals surface area contributed by atoms with Crippen molar-refractivity contribution in [2.45, 2.75) is 11.8 Å². The van der Waals surface area contributed by atoms with Gasteiger partial charge in [-0.15, -0.1) is 10.2 Å².